The standard InChI is InChI=1S/C16H19N5O3S/c22-14(19-15-20-17-11-25-15)13(10-12-4-2-1-3-5-12)18-16(23)21-6-8-24-9-7-21/h1-5,11,13H,6-10H2,(H,18,23)(H,19,20,22)/t13-/m0/s1. The molecule has 0 saturated carbocycles. The zero-order valence-electron chi connectivity index (χ0n) is 13.6. The average Bonchev–Trinajstić information content (AvgIpc) is 3.15. The maximum Gasteiger partial charge on any atom is 0.318 e. The number of benzene rings is 1. The molecule has 0 aliphatic carbocycles. The van der Waals surface area contributed by atoms with E-state index in [2.05, 4.69) is 20.8 Å². The number of nitrogens with one attached hydrogen (secondary N) is 2. The third-order valence-corrected chi connectivity index (χ3v) is 4.39. The van der Waals surface area contributed by atoms with E-state index in [1.165, 1.54) is 16.8 Å². The van der Waals surface area contributed by atoms with Crippen LogP contribution in [0.3, 0.4) is 0 Å². The van der Waals surface area contributed by atoms with Gasteiger partial charge in [0.1, 0.15) is 11.6 Å². The summed E-state index contributed by atoms with van der Waals surface area (Å²) in [6.07, 6.45) is 0.390. The normalized spacial score (nSPS) is 15.4. The summed E-state index contributed by atoms with van der Waals surface area (Å²) in [5.41, 5.74) is 2.50. The fourth-order valence-corrected chi connectivity index (χ4v) is 2.93. The van der Waals surface area contributed by atoms with Gasteiger partial charge >= 0.3 is 6.03 Å². The molecule has 1 aliphatic rings. The third kappa shape index (κ3) is 4.97. The van der Waals surface area contributed by atoms with Gasteiger partial charge in [-0.15, -0.1) is 10.2 Å². The molecule has 132 valence electrons. The molecule has 1 aliphatic heterocycles. The van der Waals surface area contributed by atoms with Gasteiger partial charge in [0.25, 0.3) is 0 Å². The Morgan fingerprint density at radius 3 is 2.68 bits per heavy atom. The fraction of sp³-hybridized carbons (Fsp3) is 0.375. The summed E-state index contributed by atoms with van der Waals surface area (Å²) in [5, 5.41) is 13.4. The number of hydrogen-bond donors (Lipinski definition) is 2. The quantitative estimate of drug-likeness (QED) is 0.832. The molecule has 8 nitrogen and oxygen atoms in total. The third-order valence-electron chi connectivity index (χ3n) is 3.79. The van der Waals surface area contributed by atoms with Gasteiger partial charge in [-0.1, -0.05) is 41.7 Å². The van der Waals surface area contributed by atoms with Crippen molar-refractivity contribution in [1.29, 1.82) is 0 Å². The van der Waals surface area contributed by atoms with Crippen molar-refractivity contribution in [3.8, 4) is 0 Å². The minimum absolute atomic E-state index is 0.267. The van der Waals surface area contributed by atoms with E-state index in [9.17, 15) is 9.59 Å². The molecule has 3 amide bonds. The van der Waals surface area contributed by atoms with Crippen molar-refractivity contribution in [2.24, 2.45) is 0 Å². The van der Waals surface area contributed by atoms with Gasteiger partial charge in [0.2, 0.25) is 11.0 Å². The van der Waals surface area contributed by atoms with Gasteiger partial charge in [0.05, 0.1) is 13.2 Å². The highest BCUT2D eigenvalue weighted by Gasteiger charge is 2.25. The number of anilines is 1. The van der Waals surface area contributed by atoms with Crippen molar-refractivity contribution in [1.82, 2.24) is 20.4 Å². The number of urea groups is 1. The van der Waals surface area contributed by atoms with Gasteiger partial charge < -0.3 is 15.0 Å². The smallest absolute Gasteiger partial charge is 0.318 e. The lowest BCUT2D eigenvalue weighted by Gasteiger charge is -2.29. The van der Waals surface area contributed by atoms with E-state index in [1.54, 1.807) is 4.90 Å². The van der Waals surface area contributed by atoms with Crippen LogP contribution < -0.4 is 10.6 Å². The van der Waals surface area contributed by atoms with E-state index < -0.39 is 6.04 Å². The minimum atomic E-state index is -0.707. The first kappa shape index (κ1) is 17.3. The molecule has 1 saturated heterocycles. The van der Waals surface area contributed by atoms with E-state index in [-0.39, 0.29) is 11.9 Å². The maximum absolute atomic E-state index is 12.6. The number of morpholine rings is 1. The summed E-state index contributed by atoms with van der Waals surface area (Å²) in [5.74, 6) is -0.317. The average molecular weight is 361 g/mol. The number of ether oxygens (including phenoxy) is 1. The second-order valence-electron chi connectivity index (χ2n) is 5.52. The molecule has 0 unspecified atom stereocenters. The Labute approximate surface area is 149 Å². The Morgan fingerprint density at radius 2 is 2.00 bits per heavy atom. The molecule has 0 radical (unpaired) electrons. The number of nitrogens with zero attached hydrogens (tertiary/aromatic N) is 3. The van der Waals surface area contributed by atoms with Crippen molar-refractivity contribution in [3.63, 3.8) is 0 Å². The van der Waals surface area contributed by atoms with Crippen LogP contribution in [0, 0.1) is 0 Å². The first-order chi connectivity index (χ1) is 12.2. The lowest BCUT2D eigenvalue weighted by molar-refractivity contribution is -0.118. The molecule has 9 heteroatoms. The molecule has 1 aromatic heterocycles. The van der Waals surface area contributed by atoms with Crippen LogP contribution in [0.4, 0.5) is 9.93 Å². The van der Waals surface area contributed by atoms with Gasteiger partial charge in [-0.2, -0.15) is 0 Å². The second-order valence-corrected chi connectivity index (χ2v) is 6.36. The van der Waals surface area contributed by atoms with Gasteiger partial charge in [-0.05, 0) is 5.56 Å². The van der Waals surface area contributed by atoms with Crippen LogP contribution >= 0.6 is 11.3 Å². The Bertz CT molecular complexity index is 689. The first-order valence-corrected chi connectivity index (χ1v) is 8.84. The van der Waals surface area contributed by atoms with E-state index >= 15 is 0 Å². The molecule has 25 heavy (non-hydrogen) atoms. The Balaban J connectivity index is 1.68. The molecular formula is C16H19N5O3S. The summed E-state index contributed by atoms with van der Waals surface area (Å²) >= 11 is 1.23. The Kier molecular flexibility index (Phi) is 5.91. The maximum atomic E-state index is 12.6. The van der Waals surface area contributed by atoms with Crippen LogP contribution in [-0.2, 0) is 16.0 Å². The highest BCUT2D eigenvalue weighted by Crippen LogP contribution is 2.11. The molecule has 0 spiro atoms. The predicted molar refractivity (Wildman–Crippen MR) is 93.4 cm³/mol. The van der Waals surface area contributed by atoms with Crippen LogP contribution in [-0.4, -0.2) is 59.4 Å². The molecular weight excluding hydrogens is 342 g/mol. The zero-order valence-corrected chi connectivity index (χ0v) is 14.4. The van der Waals surface area contributed by atoms with E-state index in [1.807, 2.05) is 30.3 Å². The zero-order chi connectivity index (χ0) is 17.5. The lowest BCUT2D eigenvalue weighted by atomic mass is 10.1. The van der Waals surface area contributed by atoms with Crippen molar-refractivity contribution >= 4 is 28.4 Å². The number of hydrogen-bond acceptors (Lipinski definition) is 6. The van der Waals surface area contributed by atoms with Crippen molar-refractivity contribution in [2.75, 3.05) is 31.6 Å². The number of rotatable bonds is 5. The van der Waals surface area contributed by atoms with Gasteiger partial charge in [0, 0.05) is 19.5 Å². The van der Waals surface area contributed by atoms with Crippen molar-refractivity contribution in [2.45, 2.75) is 12.5 Å². The van der Waals surface area contributed by atoms with Crippen molar-refractivity contribution < 1.29 is 14.3 Å². The number of aromatic nitrogens is 2. The first-order valence-electron chi connectivity index (χ1n) is 7.96. The summed E-state index contributed by atoms with van der Waals surface area (Å²) in [4.78, 5) is 26.7. The molecule has 2 aromatic rings. The molecule has 2 N–H and O–H groups in total. The Hall–Kier alpha value is -2.52. The molecule has 1 atom stereocenters. The largest absolute Gasteiger partial charge is 0.378 e. The van der Waals surface area contributed by atoms with Gasteiger partial charge in [-0.3, -0.25) is 10.1 Å². The molecule has 0 bridgehead atoms. The molecule has 2 heterocycles. The van der Waals surface area contributed by atoms with Crippen LogP contribution in [0.25, 0.3) is 0 Å². The number of carbonyl (C=O) groups is 2. The number of carbonyl (C=O) groups excluding carboxylic acids is 2. The van der Waals surface area contributed by atoms with Crippen LogP contribution in [0.1, 0.15) is 5.56 Å². The summed E-state index contributed by atoms with van der Waals surface area (Å²) in [6.45, 7) is 2.05. The van der Waals surface area contributed by atoms with E-state index in [4.69, 9.17) is 4.74 Å². The monoisotopic (exact) mass is 361 g/mol. The fourth-order valence-electron chi connectivity index (χ4n) is 2.49. The second kappa shape index (κ2) is 8.54. The minimum Gasteiger partial charge on any atom is -0.378 e. The van der Waals surface area contributed by atoms with Crippen molar-refractivity contribution in [3.05, 3.63) is 41.4 Å². The topological polar surface area (TPSA) is 96.4 Å². The summed E-state index contributed by atoms with van der Waals surface area (Å²) in [7, 11) is 0. The Morgan fingerprint density at radius 1 is 1.24 bits per heavy atom. The predicted octanol–water partition coefficient (Wildman–Crippen LogP) is 1.13. The molecule has 1 fully saturated rings. The van der Waals surface area contributed by atoms with E-state index in [0.717, 1.165) is 5.56 Å². The SMILES string of the molecule is O=C(Nc1nncs1)[C@H](Cc1ccccc1)NC(=O)N1CCOCC1. The van der Waals surface area contributed by atoms with Crippen LogP contribution in [0.15, 0.2) is 35.8 Å². The highest BCUT2D eigenvalue weighted by atomic mass is 32.1. The molecule has 1 aromatic carbocycles. The van der Waals surface area contributed by atoms with Gasteiger partial charge in [0.15, 0.2) is 0 Å². The number of amides is 3. The lowest BCUT2D eigenvalue weighted by Crippen LogP contribution is -2.53. The van der Waals surface area contributed by atoms with Gasteiger partial charge in [-0.25, -0.2) is 4.79 Å². The van der Waals surface area contributed by atoms with Crippen LogP contribution in [0.5, 0.6) is 0 Å². The van der Waals surface area contributed by atoms with Crippen LogP contribution in [0.2, 0.25) is 0 Å². The molecule has 3 rings (SSSR count). The summed E-state index contributed by atoms with van der Waals surface area (Å²) in [6, 6.07) is 8.58. The van der Waals surface area contributed by atoms with E-state index in [0.29, 0.717) is 37.9 Å². The highest BCUT2D eigenvalue weighted by molar-refractivity contribution is 7.13. The summed E-state index contributed by atoms with van der Waals surface area (Å²) < 4.78 is 5.25.